The van der Waals surface area contributed by atoms with Gasteiger partial charge in [-0.25, -0.2) is 0 Å². The van der Waals surface area contributed by atoms with Crippen LogP contribution in [0.4, 0.5) is 0 Å². The van der Waals surface area contributed by atoms with Crippen LogP contribution in [0.5, 0.6) is 0 Å². The molecule has 13 heavy (non-hydrogen) atoms. The molecule has 0 aromatic carbocycles. The summed E-state index contributed by atoms with van der Waals surface area (Å²) < 4.78 is 0. The van der Waals surface area contributed by atoms with Gasteiger partial charge in [0.15, 0.2) is 0 Å². The third kappa shape index (κ3) is 4.66. The molecule has 1 fully saturated rings. The molecular weight excluding hydrogens is 160 g/mol. The summed E-state index contributed by atoms with van der Waals surface area (Å²) in [6, 6.07) is 0. The Balaban J connectivity index is 2.11. The van der Waals surface area contributed by atoms with Crippen molar-refractivity contribution in [3.05, 3.63) is 0 Å². The molecule has 1 aliphatic rings. The molecule has 0 saturated heterocycles. The van der Waals surface area contributed by atoms with Gasteiger partial charge in [-0.05, 0) is 25.2 Å². The molecule has 0 aliphatic heterocycles. The smallest absolute Gasteiger partial charge is 0.0537 e. The number of rotatable bonds is 4. The van der Waals surface area contributed by atoms with Crippen molar-refractivity contribution in [3.8, 4) is 0 Å². The average molecular weight is 184 g/mol. The van der Waals surface area contributed by atoms with E-state index in [0.29, 0.717) is 0 Å². The van der Waals surface area contributed by atoms with Crippen LogP contribution in [0.15, 0.2) is 0 Å². The normalized spacial score (nSPS) is 22.6. The van der Waals surface area contributed by atoms with Gasteiger partial charge in [-0.15, -0.1) is 0 Å². The summed E-state index contributed by atoms with van der Waals surface area (Å²) in [7, 11) is 0. The number of aliphatic hydroxyl groups is 1. The lowest BCUT2D eigenvalue weighted by Gasteiger charge is -2.15. The second-order valence-electron chi connectivity index (χ2n) is 4.50. The van der Waals surface area contributed by atoms with E-state index in [4.69, 9.17) is 0 Å². The third-order valence-corrected chi connectivity index (χ3v) is 3.35. The lowest BCUT2D eigenvalue weighted by Crippen LogP contribution is -2.08. The summed E-state index contributed by atoms with van der Waals surface area (Å²) >= 11 is 0. The van der Waals surface area contributed by atoms with Crippen molar-refractivity contribution in [2.24, 2.45) is 5.92 Å². The zero-order valence-electron chi connectivity index (χ0n) is 8.97. The van der Waals surface area contributed by atoms with Crippen molar-refractivity contribution in [1.29, 1.82) is 0 Å². The van der Waals surface area contributed by atoms with Crippen LogP contribution in [-0.2, 0) is 0 Å². The minimum Gasteiger partial charge on any atom is -0.393 e. The first-order chi connectivity index (χ1) is 6.33. The van der Waals surface area contributed by atoms with Gasteiger partial charge in [0, 0.05) is 0 Å². The molecular formula is C12H24O. The van der Waals surface area contributed by atoms with Gasteiger partial charge < -0.3 is 5.11 Å². The Labute approximate surface area is 82.5 Å². The highest BCUT2D eigenvalue weighted by Crippen LogP contribution is 2.26. The summed E-state index contributed by atoms with van der Waals surface area (Å²) in [6.07, 6.45) is 11.7. The first-order valence-corrected chi connectivity index (χ1v) is 6.01. The molecule has 0 spiro atoms. The fraction of sp³-hybridized carbons (Fsp3) is 1.00. The first-order valence-electron chi connectivity index (χ1n) is 6.01. The van der Waals surface area contributed by atoms with Crippen molar-refractivity contribution in [2.75, 3.05) is 0 Å². The first kappa shape index (κ1) is 11.0. The molecule has 78 valence electrons. The van der Waals surface area contributed by atoms with Crippen molar-refractivity contribution < 1.29 is 5.11 Å². The van der Waals surface area contributed by atoms with Gasteiger partial charge in [0.05, 0.1) is 6.10 Å². The monoisotopic (exact) mass is 184 g/mol. The molecule has 1 unspecified atom stereocenters. The lowest BCUT2D eigenvalue weighted by molar-refractivity contribution is 0.148. The maximum absolute atomic E-state index is 9.46. The van der Waals surface area contributed by atoms with Crippen LogP contribution in [0.3, 0.4) is 0 Å². The average Bonchev–Trinajstić information content (AvgIpc) is 2.42. The Hall–Kier alpha value is -0.0400. The van der Waals surface area contributed by atoms with Gasteiger partial charge in [-0.1, -0.05) is 45.4 Å². The molecule has 1 N–H and O–H groups in total. The molecule has 0 bridgehead atoms. The summed E-state index contributed by atoms with van der Waals surface area (Å²) in [5.74, 6) is 0.920. The standard InChI is InChI=1S/C12H24O/c1-2-12(13)10-9-11-7-5-3-4-6-8-11/h11-13H,2-10H2,1H3. The molecule has 1 aliphatic carbocycles. The maximum Gasteiger partial charge on any atom is 0.0537 e. The highest BCUT2D eigenvalue weighted by atomic mass is 16.3. The van der Waals surface area contributed by atoms with Crippen LogP contribution in [-0.4, -0.2) is 11.2 Å². The van der Waals surface area contributed by atoms with E-state index in [1.807, 2.05) is 0 Å². The topological polar surface area (TPSA) is 20.2 Å². The van der Waals surface area contributed by atoms with E-state index in [9.17, 15) is 5.11 Å². The Morgan fingerprint density at radius 1 is 1.15 bits per heavy atom. The fourth-order valence-electron chi connectivity index (χ4n) is 2.28. The molecule has 1 atom stereocenters. The molecule has 1 saturated carbocycles. The van der Waals surface area contributed by atoms with E-state index < -0.39 is 0 Å². The van der Waals surface area contributed by atoms with Gasteiger partial charge >= 0.3 is 0 Å². The van der Waals surface area contributed by atoms with Gasteiger partial charge in [-0.3, -0.25) is 0 Å². The van der Waals surface area contributed by atoms with Crippen LogP contribution >= 0.6 is 0 Å². The minimum absolute atomic E-state index is 0.0387. The van der Waals surface area contributed by atoms with Crippen LogP contribution in [0.2, 0.25) is 0 Å². The van der Waals surface area contributed by atoms with E-state index in [-0.39, 0.29) is 6.10 Å². The van der Waals surface area contributed by atoms with Crippen LogP contribution in [0.1, 0.15) is 64.7 Å². The van der Waals surface area contributed by atoms with Gasteiger partial charge in [-0.2, -0.15) is 0 Å². The van der Waals surface area contributed by atoms with Crippen LogP contribution in [0, 0.1) is 5.92 Å². The molecule has 0 radical (unpaired) electrons. The predicted molar refractivity (Wildman–Crippen MR) is 56.7 cm³/mol. The van der Waals surface area contributed by atoms with E-state index in [1.165, 1.54) is 44.9 Å². The highest BCUT2D eigenvalue weighted by molar-refractivity contribution is 4.66. The van der Waals surface area contributed by atoms with Crippen molar-refractivity contribution in [1.82, 2.24) is 0 Å². The quantitative estimate of drug-likeness (QED) is 0.663. The van der Waals surface area contributed by atoms with Gasteiger partial charge in [0.25, 0.3) is 0 Å². The Morgan fingerprint density at radius 2 is 1.77 bits per heavy atom. The van der Waals surface area contributed by atoms with Crippen molar-refractivity contribution >= 4 is 0 Å². The van der Waals surface area contributed by atoms with Gasteiger partial charge in [0.1, 0.15) is 0 Å². The Bertz CT molecular complexity index is 114. The highest BCUT2D eigenvalue weighted by Gasteiger charge is 2.13. The van der Waals surface area contributed by atoms with E-state index in [1.54, 1.807) is 0 Å². The summed E-state index contributed by atoms with van der Waals surface area (Å²) in [4.78, 5) is 0. The van der Waals surface area contributed by atoms with E-state index in [0.717, 1.165) is 18.8 Å². The third-order valence-electron chi connectivity index (χ3n) is 3.35. The predicted octanol–water partition coefficient (Wildman–Crippen LogP) is 3.51. The second kappa shape index (κ2) is 6.42. The zero-order valence-corrected chi connectivity index (χ0v) is 8.97. The van der Waals surface area contributed by atoms with Crippen LogP contribution < -0.4 is 0 Å². The van der Waals surface area contributed by atoms with Crippen molar-refractivity contribution in [2.45, 2.75) is 70.8 Å². The molecule has 0 amide bonds. The number of hydrogen-bond acceptors (Lipinski definition) is 1. The number of hydrogen-bond donors (Lipinski definition) is 1. The van der Waals surface area contributed by atoms with Crippen LogP contribution in [0.25, 0.3) is 0 Å². The van der Waals surface area contributed by atoms with Crippen molar-refractivity contribution in [3.63, 3.8) is 0 Å². The molecule has 1 heteroatoms. The molecule has 0 aromatic heterocycles. The largest absolute Gasteiger partial charge is 0.393 e. The Kier molecular flexibility index (Phi) is 5.45. The van der Waals surface area contributed by atoms with E-state index in [2.05, 4.69) is 6.92 Å². The lowest BCUT2D eigenvalue weighted by atomic mass is 9.93. The zero-order chi connectivity index (χ0) is 9.52. The van der Waals surface area contributed by atoms with Gasteiger partial charge in [0.2, 0.25) is 0 Å². The molecule has 1 nitrogen and oxygen atoms in total. The SMILES string of the molecule is CCC(O)CCC1CCCCCC1. The summed E-state index contributed by atoms with van der Waals surface area (Å²) in [6.45, 7) is 2.07. The number of aliphatic hydroxyl groups excluding tert-OH is 1. The molecule has 1 rings (SSSR count). The summed E-state index contributed by atoms with van der Waals surface area (Å²) in [5.41, 5.74) is 0. The Morgan fingerprint density at radius 3 is 2.31 bits per heavy atom. The summed E-state index contributed by atoms with van der Waals surface area (Å²) in [5, 5.41) is 9.46. The minimum atomic E-state index is -0.0387. The second-order valence-corrected chi connectivity index (χ2v) is 4.50. The molecule has 0 heterocycles. The van der Waals surface area contributed by atoms with E-state index >= 15 is 0 Å². The molecule has 0 aromatic rings. The maximum atomic E-state index is 9.46. The fourth-order valence-corrected chi connectivity index (χ4v) is 2.28.